The summed E-state index contributed by atoms with van der Waals surface area (Å²) >= 11 is 18.2. The molecule has 6 heteroatoms. The molecule has 0 radical (unpaired) electrons. The minimum absolute atomic E-state index is 0.188. The van der Waals surface area contributed by atoms with Crippen LogP contribution in [-0.4, -0.2) is 23.0 Å². The van der Waals surface area contributed by atoms with E-state index in [0.717, 1.165) is 36.5 Å². The molecule has 0 bridgehead atoms. The van der Waals surface area contributed by atoms with E-state index in [0.29, 0.717) is 21.4 Å². The molecule has 0 amide bonds. The van der Waals surface area contributed by atoms with Crippen LogP contribution in [0.1, 0.15) is 24.0 Å². The van der Waals surface area contributed by atoms with Gasteiger partial charge in [0.05, 0.1) is 10.0 Å². The van der Waals surface area contributed by atoms with Crippen molar-refractivity contribution in [3.63, 3.8) is 0 Å². The van der Waals surface area contributed by atoms with Gasteiger partial charge in [-0.05, 0) is 42.7 Å². The Morgan fingerprint density at radius 3 is 2.42 bits per heavy atom. The van der Waals surface area contributed by atoms with Crippen molar-refractivity contribution in [2.24, 2.45) is 0 Å². The number of thiocarbonyl (C=S) groups is 1. The van der Waals surface area contributed by atoms with Gasteiger partial charge < -0.3 is 9.64 Å². The van der Waals surface area contributed by atoms with E-state index in [-0.39, 0.29) is 12.4 Å². The van der Waals surface area contributed by atoms with Gasteiger partial charge in [0.1, 0.15) is 17.4 Å². The molecule has 0 aromatic heterocycles. The van der Waals surface area contributed by atoms with Gasteiger partial charge in [0.15, 0.2) is 5.75 Å². The summed E-state index contributed by atoms with van der Waals surface area (Å²) < 4.78 is 18.9. The number of ether oxygens (including phenoxy) is 1. The van der Waals surface area contributed by atoms with E-state index in [4.69, 9.17) is 40.2 Å². The van der Waals surface area contributed by atoms with Crippen molar-refractivity contribution in [3.05, 3.63) is 63.4 Å². The van der Waals surface area contributed by atoms with Crippen LogP contribution >= 0.6 is 35.4 Å². The lowest BCUT2D eigenvalue weighted by atomic mass is 10.2. The first kappa shape index (κ1) is 17.5. The van der Waals surface area contributed by atoms with Crippen LogP contribution < -0.4 is 4.74 Å². The molecule has 0 spiro atoms. The maximum Gasteiger partial charge on any atom is 0.157 e. The van der Waals surface area contributed by atoms with Crippen molar-refractivity contribution in [1.82, 2.24) is 4.90 Å². The molecule has 0 N–H and O–H groups in total. The Labute approximate surface area is 156 Å². The first-order chi connectivity index (χ1) is 11.5. The van der Waals surface area contributed by atoms with E-state index in [1.54, 1.807) is 24.3 Å². The average molecular weight is 384 g/mol. The zero-order chi connectivity index (χ0) is 17.1. The summed E-state index contributed by atoms with van der Waals surface area (Å²) in [6.07, 6.45) is 2.30. The molecule has 1 aliphatic rings. The van der Waals surface area contributed by atoms with Crippen molar-refractivity contribution in [3.8, 4) is 5.75 Å². The molecule has 2 aromatic carbocycles. The Kier molecular flexibility index (Phi) is 5.59. The Morgan fingerprint density at radius 2 is 1.79 bits per heavy atom. The lowest BCUT2D eigenvalue weighted by Crippen LogP contribution is -2.26. The van der Waals surface area contributed by atoms with Crippen molar-refractivity contribution in [2.75, 3.05) is 13.1 Å². The van der Waals surface area contributed by atoms with Gasteiger partial charge in [-0.1, -0.05) is 47.6 Å². The lowest BCUT2D eigenvalue weighted by molar-refractivity contribution is 0.306. The van der Waals surface area contributed by atoms with Crippen molar-refractivity contribution >= 4 is 40.4 Å². The van der Waals surface area contributed by atoms with Gasteiger partial charge in [-0.25, -0.2) is 4.39 Å². The molecule has 1 heterocycles. The van der Waals surface area contributed by atoms with E-state index >= 15 is 0 Å². The summed E-state index contributed by atoms with van der Waals surface area (Å²) in [6.45, 7) is 2.12. The van der Waals surface area contributed by atoms with Gasteiger partial charge in [-0.3, -0.25) is 0 Å². The second-order valence-electron chi connectivity index (χ2n) is 5.69. The topological polar surface area (TPSA) is 12.5 Å². The Balaban J connectivity index is 1.76. The highest BCUT2D eigenvalue weighted by atomic mass is 35.5. The number of rotatable bonds is 4. The highest BCUT2D eigenvalue weighted by Crippen LogP contribution is 2.35. The van der Waals surface area contributed by atoms with Gasteiger partial charge in [-0.2, -0.15) is 0 Å². The minimum atomic E-state index is -0.306. The predicted molar refractivity (Wildman–Crippen MR) is 99.7 cm³/mol. The van der Waals surface area contributed by atoms with Crippen molar-refractivity contribution in [2.45, 2.75) is 19.4 Å². The molecule has 0 saturated carbocycles. The minimum Gasteiger partial charge on any atom is -0.486 e. The number of likely N-dealkylation sites (tertiary alicyclic amines) is 1. The summed E-state index contributed by atoms with van der Waals surface area (Å²) in [5, 5.41) is 0.797. The summed E-state index contributed by atoms with van der Waals surface area (Å²) in [6, 6.07) is 9.76. The Bertz CT molecular complexity index is 739. The van der Waals surface area contributed by atoms with Crippen molar-refractivity contribution < 1.29 is 9.13 Å². The second-order valence-corrected chi connectivity index (χ2v) is 6.89. The van der Waals surface area contributed by atoms with E-state index in [2.05, 4.69) is 4.90 Å². The number of hydrogen-bond acceptors (Lipinski definition) is 2. The lowest BCUT2D eigenvalue weighted by Gasteiger charge is -2.20. The summed E-state index contributed by atoms with van der Waals surface area (Å²) in [4.78, 5) is 2.91. The van der Waals surface area contributed by atoms with Crippen LogP contribution in [0.5, 0.6) is 5.75 Å². The average Bonchev–Trinajstić information content (AvgIpc) is 3.07. The molecule has 1 aliphatic heterocycles. The largest absolute Gasteiger partial charge is 0.486 e. The fraction of sp³-hybridized carbons (Fsp3) is 0.278. The third kappa shape index (κ3) is 4.00. The third-order valence-electron chi connectivity index (χ3n) is 3.91. The highest BCUT2D eigenvalue weighted by Gasteiger charge is 2.19. The molecular weight excluding hydrogens is 368 g/mol. The molecular formula is C18H16Cl2FNOS. The summed E-state index contributed by atoms with van der Waals surface area (Å²) in [5.41, 5.74) is 1.53. The van der Waals surface area contributed by atoms with Gasteiger partial charge in [-0.15, -0.1) is 0 Å². The monoisotopic (exact) mass is 383 g/mol. The molecule has 24 heavy (non-hydrogen) atoms. The Hall–Kier alpha value is -1.36. The Morgan fingerprint density at radius 1 is 1.12 bits per heavy atom. The van der Waals surface area contributed by atoms with E-state index in [1.807, 2.05) is 0 Å². The number of benzene rings is 2. The quantitative estimate of drug-likeness (QED) is 0.648. The predicted octanol–water partition coefficient (Wildman–Crippen LogP) is 5.48. The van der Waals surface area contributed by atoms with Gasteiger partial charge >= 0.3 is 0 Å². The third-order valence-corrected chi connectivity index (χ3v) is 4.97. The first-order valence-corrected chi connectivity index (χ1v) is 8.86. The number of nitrogens with zero attached hydrogens (tertiary/aromatic N) is 1. The number of halogens is 3. The zero-order valence-electron chi connectivity index (χ0n) is 12.9. The highest BCUT2D eigenvalue weighted by molar-refractivity contribution is 7.80. The number of hydrogen-bond donors (Lipinski definition) is 0. The van der Waals surface area contributed by atoms with Crippen LogP contribution in [0.3, 0.4) is 0 Å². The molecule has 0 atom stereocenters. The maximum atomic E-state index is 13.2. The van der Waals surface area contributed by atoms with Crippen molar-refractivity contribution in [1.29, 1.82) is 0 Å². The fourth-order valence-corrected chi connectivity index (χ4v) is 3.60. The normalized spacial score (nSPS) is 14.0. The van der Waals surface area contributed by atoms with Gasteiger partial charge in [0, 0.05) is 18.7 Å². The molecule has 1 saturated heterocycles. The first-order valence-electron chi connectivity index (χ1n) is 7.70. The molecule has 3 rings (SSSR count). The van der Waals surface area contributed by atoms with E-state index in [1.165, 1.54) is 12.1 Å². The molecule has 1 fully saturated rings. The van der Waals surface area contributed by atoms with Gasteiger partial charge in [0.2, 0.25) is 0 Å². The van der Waals surface area contributed by atoms with Crippen LogP contribution in [0.4, 0.5) is 4.39 Å². The fourth-order valence-electron chi connectivity index (χ4n) is 2.71. The van der Waals surface area contributed by atoms with Crippen LogP contribution in [0.2, 0.25) is 10.0 Å². The van der Waals surface area contributed by atoms with Crippen LogP contribution in [0, 0.1) is 5.82 Å². The second kappa shape index (κ2) is 7.68. The molecule has 0 unspecified atom stereocenters. The van der Waals surface area contributed by atoms with Crippen LogP contribution in [0.15, 0.2) is 36.4 Å². The SMILES string of the molecule is Fc1cccc(COc2c(Cl)cc(C(=S)N3CCCC3)cc2Cl)c1. The molecule has 126 valence electrons. The standard InChI is InChI=1S/C18H16Cl2FNOS/c19-15-9-13(18(24)22-6-1-2-7-22)10-16(20)17(15)23-11-12-4-3-5-14(21)8-12/h3-5,8-10H,1-2,6-7,11H2. The van der Waals surface area contributed by atoms with Crippen LogP contribution in [-0.2, 0) is 6.61 Å². The van der Waals surface area contributed by atoms with Crippen LogP contribution in [0.25, 0.3) is 0 Å². The smallest absolute Gasteiger partial charge is 0.157 e. The summed E-state index contributed by atoms with van der Waals surface area (Å²) in [7, 11) is 0. The zero-order valence-corrected chi connectivity index (χ0v) is 15.2. The van der Waals surface area contributed by atoms with Gasteiger partial charge in [0.25, 0.3) is 0 Å². The van der Waals surface area contributed by atoms with E-state index in [9.17, 15) is 4.39 Å². The molecule has 2 nitrogen and oxygen atoms in total. The summed E-state index contributed by atoms with van der Waals surface area (Å²) in [5.74, 6) is 0.0789. The molecule has 0 aliphatic carbocycles. The van der Waals surface area contributed by atoms with E-state index < -0.39 is 0 Å². The maximum absolute atomic E-state index is 13.2. The molecule has 2 aromatic rings.